The van der Waals surface area contributed by atoms with Gasteiger partial charge < -0.3 is 41.4 Å². The summed E-state index contributed by atoms with van der Waals surface area (Å²) < 4.78 is 0.408. The molecule has 0 bridgehead atoms. The largest absolute Gasteiger partial charge is 0.504 e. The highest BCUT2D eigenvalue weighted by molar-refractivity contribution is 8.01. The molecule has 258 valence electrons. The normalized spacial score (nSPS) is 17.7. The van der Waals surface area contributed by atoms with E-state index in [1.165, 1.54) is 49.2 Å². The Kier molecular flexibility index (Phi) is 10.1. The zero-order valence-electron chi connectivity index (χ0n) is 25.3. The quantitative estimate of drug-likeness (QED) is 0.0433. The number of aliphatic carboxylic acids is 3. The smallest absolute Gasteiger partial charge is 0.352 e. The van der Waals surface area contributed by atoms with Gasteiger partial charge in [0.25, 0.3) is 11.8 Å². The number of nitrogens with one attached hydrogen (secondary N) is 1. The summed E-state index contributed by atoms with van der Waals surface area (Å²) in [5.41, 5.74) is 4.21. The molecule has 2 atom stereocenters. The number of anilines is 1. The number of β-lactam (4-membered cyclic amide) rings is 1. The number of fused-ring (bicyclic) bond motifs is 1. The van der Waals surface area contributed by atoms with Crippen LogP contribution in [0.4, 0.5) is 5.13 Å². The Labute approximate surface area is 292 Å². The average Bonchev–Trinajstić information content (AvgIpc) is 3.64. The molecule has 1 aromatic carbocycles. The number of hydrogen-bond donors (Lipinski definition) is 7. The topological polar surface area (TPSA) is 275 Å². The SMILES string of the molecule is CC(C)(O/N=C(\C(=O)N[C@@H]1C(=O)N2C(C(=O)O)=C(CSc3nc(-c4ccc(O)c(O)c4)c(CC(=O)O)s3)CS[C@H]12)c1csc(N)n1)C(=O)O. The molecule has 2 amide bonds. The van der Waals surface area contributed by atoms with E-state index in [-0.39, 0.29) is 45.9 Å². The lowest BCUT2D eigenvalue weighted by Crippen LogP contribution is -2.71. The van der Waals surface area contributed by atoms with Gasteiger partial charge in [0, 0.05) is 27.3 Å². The van der Waals surface area contributed by atoms with Gasteiger partial charge in [-0.05, 0) is 37.6 Å². The number of rotatable bonds is 13. The predicted molar refractivity (Wildman–Crippen MR) is 178 cm³/mol. The van der Waals surface area contributed by atoms with Crippen molar-refractivity contribution in [3.05, 3.63) is 45.4 Å². The van der Waals surface area contributed by atoms with Crippen molar-refractivity contribution in [2.45, 2.75) is 41.6 Å². The summed E-state index contributed by atoms with van der Waals surface area (Å²) in [7, 11) is 0. The fourth-order valence-electron chi connectivity index (χ4n) is 4.50. The van der Waals surface area contributed by atoms with E-state index in [9.17, 15) is 49.5 Å². The van der Waals surface area contributed by atoms with E-state index in [0.29, 0.717) is 20.4 Å². The Morgan fingerprint density at radius 3 is 2.51 bits per heavy atom. The minimum absolute atomic E-state index is 0.0226. The molecule has 8 N–H and O–H groups in total. The number of carbonyl (C=O) groups excluding carboxylic acids is 2. The molecule has 0 radical (unpaired) electrons. The summed E-state index contributed by atoms with van der Waals surface area (Å²) in [6.07, 6.45) is -0.364. The zero-order chi connectivity index (χ0) is 35.8. The Morgan fingerprint density at radius 1 is 1.16 bits per heavy atom. The molecular weight excluding hydrogens is 725 g/mol. The maximum Gasteiger partial charge on any atom is 0.352 e. The number of thioether (sulfide) groups is 2. The lowest BCUT2D eigenvalue weighted by Gasteiger charge is -2.49. The molecule has 49 heavy (non-hydrogen) atoms. The van der Waals surface area contributed by atoms with Crippen molar-refractivity contribution in [2.75, 3.05) is 17.2 Å². The molecule has 0 saturated carbocycles. The molecule has 1 saturated heterocycles. The number of nitrogens with two attached hydrogens (primary N) is 1. The van der Waals surface area contributed by atoms with Gasteiger partial charge in [0.05, 0.1) is 12.1 Å². The molecular formula is C28H26N6O11S4. The third-order valence-electron chi connectivity index (χ3n) is 7.00. The van der Waals surface area contributed by atoms with Crippen LogP contribution >= 0.6 is 46.2 Å². The van der Waals surface area contributed by atoms with Gasteiger partial charge in [-0.3, -0.25) is 19.3 Å². The van der Waals surface area contributed by atoms with Crippen LogP contribution in [0.5, 0.6) is 11.5 Å². The number of hydrogen-bond acceptors (Lipinski definition) is 16. The molecule has 3 aromatic rings. The fourth-order valence-corrected chi connectivity index (χ4v) is 8.73. The summed E-state index contributed by atoms with van der Waals surface area (Å²) >= 11 is 4.42. The Bertz CT molecular complexity index is 1940. The molecule has 21 heteroatoms. The van der Waals surface area contributed by atoms with E-state index in [0.717, 1.165) is 39.3 Å². The van der Waals surface area contributed by atoms with Gasteiger partial charge >= 0.3 is 17.9 Å². The van der Waals surface area contributed by atoms with E-state index >= 15 is 0 Å². The number of aromatic nitrogens is 2. The molecule has 2 aliphatic heterocycles. The first kappa shape index (κ1) is 35.4. The fraction of sp³-hybridized carbons (Fsp3) is 0.286. The second kappa shape index (κ2) is 13.9. The van der Waals surface area contributed by atoms with Crippen LogP contribution in [0.25, 0.3) is 11.3 Å². The number of carboxylic acid groups (broad SMARTS) is 3. The van der Waals surface area contributed by atoms with Crippen molar-refractivity contribution in [1.82, 2.24) is 20.2 Å². The van der Waals surface area contributed by atoms with Gasteiger partial charge in [-0.25, -0.2) is 19.6 Å². The predicted octanol–water partition coefficient (Wildman–Crippen LogP) is 2.00. The van der Waals surface area contributed by atoms with E-state index in [1.54, 1.807) is 0 Å². The molecule has 0 spiro atoms. The Hall–Kier alpha value is -4.86. The second-order valence-corrected chi connectivity index (χ2v) is 15.2. The molecule has 4 heterocycles. The van der Waals surface area contributed by atoms with E-state index in [2.05, 4.69) is 20.4 Å². The Morgan fingerprint density at radius 2 is 1.90 bits per heavy atom. The molecule has 0 unspecified atom stereocenters. The summed E-state index contributed by atoms with van der Waals surface area (Å²) in [6, 6.07) is 2.82. The van der Waals surface area contributed by atoms with Crippen LogP contribution in [0.2, 0.25) is 0 Å². The van der Waals surface area contributed by atoms with Crippen molar-refractivity contribution in [3.8, 4) is 22.8 Å². The maximum absolute atomic E-state index is 13.3. The van der Waals surface area contributed by atoms with Gasteiger partial charge in [0.15, 0.2) is 26.7 Å². The van der Waals surface area contributed by atoms with Crippen LogP contribution in [0.1, 0.15) is 24.4 Å². The Balaban J connectivity index is 1.34. The van der Waals surface area contributed by atoms with Crippen molar-refractivity contribution < 1.29 is 54.3 Å². The first-order valence-electron chi connectivity index (χ1n) is 13.9. The summed E-state index contributed by atoms with van der Waals surface area (Å²) in [6.45, 7) is 2.43. The number of amides is 2. The van der Waals surface area contributed by atoms with E-state index in [4.69, 9.17) is 10.6 Å². The highest BCUT2D eigenvalue weighted by Gasteiger charge is 2.54. The third kappa shape index (κ3) is 7.43. The molecule has 2 aliphatic rings. The molecule has 1 fully saturated rings. The standard InChI is InChI=1S/C28H26N6O11S4/c1-28(2,25(43)44)45-33-18(12-9-47-26(29)30-12)21(39)31-19-22(40)34-20(24(41)42)11(7-46-23(19)34)8-48-27-32-17(15(49-27)6-16(37)38)10-3-4-13(35)14(36)5-10/h3-5,9,19,23,35-36H,6-8H2,1-2H3,(H2,29,30)(H,31,39)(H,37,38)(H,41,42)(H,43,44)/b33-18-/t19-,23-/m1/s1. The number of carbonyl (C=O) groups is 5. The number of nitrogen functional groups attached to an aromatic ring is 1. The lowest BCUT2D eigenvalue weighted by atomic mass is 10.0. The molecule has 0 aliphatic carbocycles. The van der Waals surface area contributed by atoms with Gasteiger partial charge in [-0.2, -0.15) is 0 Å². The van der Waals surface area contributed by atoms with Crippen LogP contribution in [0.15, 0.2) is 44.3 Å². The summed E-state index contributed by atoms with van der Waals surface area (Å²) in [5, 5.41) is 55.4. The average molecular weight is 751 g/mol. The van der Waals surface area contributed by atoms with Gasteiger partial charge in [-0.1, -0.05) is 16.9 Å². The van der Waals surface area contributed by atoms with Crippen molar-refractivity contribution in [3.63, 3.8) is 0 Å². The van der Waals surface area contributed by atoms with Crippen molar-refractivity contribution in [2.24, 2.45) is 5.16 Å². The number of nitrogens with zero attached hydrogens (tertiary/aromatic N) is 4. The van der Waals surface area contributed by atoms with Crippen LogP contribution in [0.3, 0.4) is 0 Å². The van der Waals surface area contributed by atoms with Gasteiger partial charge in [0.2, 0.25) is 5.60 Å². The number of oxime groups is 1. The van der Waals surface area contributed by atoms with E-state index < -0.39 is 58.2 Å². The number of carboxylic acids is 3. The summed E-state index contributed by atoms with van der Waals surface area (Å²) in [4.78, 5) is 77.1. The first-order chi connectivity index (χ1) is 23.1. The second-order valence-electron chi connectivity index (χ2n) is 10.9. The summed E-state index contributed by atoms with van der Waals surface area (Å²) in [5.74, 6) is -5.98. The van der Waals surface area contributed by atoms with Crippen molar-refractivity contribution in [1.29, 1.82) is 0 Å². The monoisotopic (exact) mass is 750 g/mol. The lowest BCUT2D eigenvalue weighted by molar-refractivity contribution is -0.161. The van der Waals surface area contributed by atoms with Gasteiger partial charge in [0.1, 0.15) is 22.8 Å². The van der Waals surface area contributed by atoms with Crippen LogP contribution in [-0.4, -0.2) is 104 Å². The maximum atomic E-state index is 13.3. The molecule has 17 nitrogen and oxygen atoms in total. The molecule has 2 aromatic heterocycles. The number of thiazole rings is 2. The minimum atomic E-state index is -1.81. The number of aromatic hydroxyl groups is 2. The van der Waals surface area contributed by atoms with E-state index in [1.807, 2.05) is 0 Å². The number of phenols is 2. The van der Waals surface area contributed by atoms with Crippen molar-refractivity contribution >= 4 is 86.8 Å². The van der Waals surface area contributed by atoms with Crippen LogP contribution < -0.4 is 11.1 Å². The zero-order valence-corrected chi connectivity index (χ0v) is 28.5. The highest BCUT2D eigenvalue weighted by atomic mass is 32.2. The first-order valence-corrected chi connectivity index (χ1v) is 17.6. The number of phenolic OH excluding ortho intramolecular Hbond substituents is 2. The van der Waals surface area contributed by atoms with Crippen LogP contribution in [-0.2, 0) is 35.2 Å². The highest BCUT2D eigenvalue weighted by Crippen LogP contribution is 2.43. The van der Waals surface area contributed by atoms with Crippen LogP contribution in [0, 0.1) is 0 Å². The number of benzene rings is 1. The van der Waals surface area contributed by atoms with Gasteiger partial charge in [-0.15, -0.1) is 34.4 Å². The third-order valence-corrected chi connectivity index (χ3v) is 11.3. The minimum Gasteiger partial charge on any atom is -0.504 e. The molecule has 5 rings (SSSR count).